The lowest BCUT2D eigenvalue weighted by Gasteiger charge is -2.06. The number of halogens is 3. The van der Waals surface area contributed by atoms with Crippen molar-refractivity contribution in [2.24, 2.45) is 0 Å². The zero-order chi connectivity index (χ0) is 18.0. The predicted octanol–water partition coefficient (Wildman–Crippen LogP) is 3.93. The van der Waals surface area contributed by atoms with Crippen LogP contribution in [0.25, 0.3) is 5.69 Å². The van der Waals surface area contributed by atoms with Crippen molar-refractivity contribution >= 4 is 5.82 Å². The zero-order valence-corrected chi connectivity index (χ0v) is 13.9. The maximum absolute atomic E-state index is 12.6. The van der Waals surface area contributed by atoms with E-state index in [-0.39, 0.29) is 0 Å². The van der Waals surface area contributed by atoms with Crippen LogP contribution in [0, 0.1) is 13.8 Å². The van der Waals surface area contributed by atoms with Gasteiger partial charge in [-0.15, -0.1) is 0 Å². The molecule has 130 valence electrons. The van der Waals surface area contributed by atoms with Crippen molar-refractivity contribution in [3.8, 4) is 5.69 Å². The molecule has 0 bridgehead atoms. The van der Waals surface area contributed by atoms with Crippen molar-refractivity contribution in [3.63, 3.8) is 0 Å². The predicted molar refractivity (Wildman–Crippen MR) is 88.4 cm³/mol. The van der Waals surface area contributed by atoms with Gasteiger partial charge in [-0.3, -0.25) is 5.32 Å². The van der Waals surface area contributed by atoms with E-state index in [0.717, 1.165) is 34.9 Å². The molecule has 0 saturated heterocycles. The highest BCUT2D eigenvalue weighted by Gasteiger charge is 2.31. The second-order valence-corrected chi connectivity index (χ2v) is 5.74. The van der Waals surface area contributed by atoms with Gasteiger partial charge < -0.3 is 0 Å². The van der Waals surface area contributed by atoms with Gasteiger partial charge in [0.15, 0.2) is 0 Å². The third-order valence-electron chi connectivity index (χ3n) is 4.04. The number of hydrogen-bond donors (Lipinski definition) is 1. The van der Waals surface area contributed by atoms with Crippen molar-refractivity contribution in [2.75, 3.05) is 5.32 Å². The Hall–Kier alpha value is -2.83. The molecule has 1 aromatic carbocycles. The van der Waals surface area contributed by atoms with Crippen molar-refractivity contribution in [3.05, 3.63) is 71.2 Å². The zero-order valence-electron chi connectivity index (χ0n) is 13.9. The van der Waals surface area contributed by atoms with Crippen molar-refractivity contribution in [1.29, 1.82) is 0 Å². The molecule has 7 heteroatoms. The average molecular weight is 347 g/mol. The number of anilines is 1. The molecule has 0 aliphatic rings. The number of para-hydroxylation sites is 1. The molecule has 4 nitrogen and oxygen atoms in total. The number of pyridine rings is 1. The lowest BCUT2D eigenvalue weighted by Crippen LogP contribution is -2.17. The number of hydrogen-bond acceptors (Lipinski definition) is 2. The molecule has 0 aliphatic carbocycles. The number of benzene rings is 1. The van der Waals surface area contributed by atoms with Crippen LogP contribution in [0.2, 0.25) is 0 Å². The highest BCUT2D eigenvalue weighted by molar-refractivity contribution is 5.39. The highest BCUT2D eigenvalue weighted by Crippen LogP contribution is 2.28. The molecule has 3 rings (SSSR count). The molecule has 0 unspecified atom stereocenters. The number of aryl methyl sites for hydroxylation is 1. The summed E-state index contributed by atoms with van der Waals surface area (Å²) in [5.41, 5.74) is 3.14. The molecule has 0 amide bonds. The molecular weight excluding hydrogens is 329 g/mol. The molecule has 2 heterocycles. The Morgan fingerprint density at radius 1 is 1.08 bits per heavy atom. The number of H-pyrrole nitrogens is 1. The van der Waals surface area contributed by atoms with E-state index in [1.807, 2.05) is 48.9 Å². The van der Waals surface area contributed by atoms with Crippen LogP contribution in [0.15, 0.2) is 48.7 Å². The van der Waals surface area contributed by atoms with Crippen LogP contribution < -0.4 is 10.3 Å². The van der Waals surface area contributed by atoms with Crippen LogP contribution in [0.3, 0.4) is 0 Å². The van der Waals surface area contributed by atoms with Gasteiger partial charge in [-0.1, -0.05) is 18.2 Å². The van der Waals surface area contributed by atoms with Crippen LogP contribution in [-0.4, -0.2) is 9.78 Å². The van der Waals surface area contributed by atoms with E-state index < -0.39 is 11.7 Å². The molecule has 0 radical (unpaired) electrons. The van der Waals surface area contributed by atoms with Crippen LogP contribution in [0.1, 0.15) is 22.5 Å². The molecule has 0 spiro atoms. The fourth-order valence-electron chi connectivity index (χ4n) is 2.65. The summed E-state index contributed by atoms with van der Waals surface area (Å²) >= 11 is 0. The minimum Gasteiger partial charge on any atom is -0.270 e. The molecular formula is C18H18F3N4+. The van der Waals surface area contributed by atoms with Gasteiger partial charge in [0.25, 0.3) is 5.82 Å². The Morgan fingerprint density at radius 3 is 2.40 bits per heavy atom. The fraction of sp³-hybridized carbons (Fsp3) is 0.222. The second-order valence-electron chi connectivity index (χ2n) is 5.74. The molecule has 0 saturated carbocycles. The number of aromatic amines is 1. The Labute approximate surface area is 143 Å². The Balaban J connectivity index is 1.77. The number of rotatable bonds is 4. The summed E-state index contributed by atoms with van der Waals surface area (Å²) in [7, 11) is 0. The topological polar surface area (TPSA) is 44.0 Å². The third kappa shape index (κ3) is 3.65. The van der Waals surface area contributed by atoms with E-state index in [1.54, 1.807) is 0 Å². The summed E-state index contributed by atoms with van der Waals surface area (Å²) in [5, 5.41) is 7.67. The number of aromatic nitrogens is 3. The first-order valence-electron chi connectivity index (χ1n) is 7.79. The van der Waals surface area contributed by atoms with Gasteiger partial charge in [-0.2, -0.15) is 18.3 Å². The van der Waals surface area contributed by atoms with Crippen molar-refractivity contribution in [2.45, 2.75) is 26.6 Å². The number of nitrogens with one attached hydrogen (secondary N) is 2. The van der Waals surface area contributed by atoms with E-state index in [9.17, 15) is 13.2 Å². The smallest absolute Gasteiger partial charge is 0.270 e. The quantitative estimate of drug-likeness (QED) is 0.777. The largest absolute Gasteiger partial charge is 0.419 e. The molecule has 0 aliphatic heterocycles. The standard InChI is InChI=1S/C18H17F3N4/c1-12-16(13(2)25(24-12)15-6-4-3-5-7-15)11-23-17-9-8-14(10-22-17)18(19,20)21/h3-10H,11H2,1-2H3,(H,22,23)/p+1. The van der Waals surface area contributed by atoms with E-state index in [1.165, 1.54) is 6.07 Å². The molecule has 0 atom stereocenters. The normalized spacial score (nSPS) is 11.6. The molecule has 0 fully saturated rings. The minimum atomic E-state index is -4.35. The number of nitrogens with zero attached hydrogens (tertiary/aromatic N) is 2. The van der Waals surface area contributed by atoms with Gasteiger partial charge >= 0.3 is 6.18 Å². The highest BCUT2D eigenvalue weighted by atomic mass is 19.4. The minimum absolute atomic E-state index is 0.465. The number of alkyl halides is 3. The van der Waals surface area contributed by atoms with Crippen LogP contribution in [0.5, 0.6) is 0 Å². The van der Waals surface area contributed by atoms with Crippen LogP contribution in [0.4, 0.5) is 19.0 Å². The van der Waals surface area contributed by atoms with E-state index in [2.05, 4.69) is 15.4 Å². The first-order chi connectivity index (χ1) is 11.9. The summed E-state index contributed by atoms with van der Waals surface area (Å²) in [6.07, 6.45) is -3.39. The van der Waals surface area contributed by atoms with E-state index in [4.69, 9.17) is 0 Å². The third-order valence-corrected chi connectivity index (χ3v) is 4.04. The molecule has 2 N–H and O–H groups in total. The summed E-state index contributed by atoms with van der Waals surface area (Å²) in [6, 6.07) is 12.2. The maximum Gasteiger partial charge on any atom is 0.419 e. The summed E-state index contributed by atoms with van der Waals surface area (Å²) in [4.78, 5) is 2.63. The second kappa shape index (κ2) is 6.58. The van der Waals surface area contributed by atoms with Gasteiger partial charge in [0.05, 0.1) is 16.9 Å². The first-order valence-corrected chi connectivity index (χ1v) is 7.79. The molecule has 3 aromatic rings. The van der Waals surface area contributed by atoms with Gasteiger partial charge in [0, 0.05) is 17.3 Å². The lowest BCUT2D eigenvalue weighted by atomic mass is 10.2. The molecule has 25 heavy (non-hydrogen) atoms. The van der Waals surface area contributed by atoms with Gasteiger partial charge in [-0.25, -0.2) is 9.67 Å². The lowest BCUT2D eigenvalue weighted by molar-refractivity contribution is -0.364. The summed E-state index contributed by atoms with van der Waals surface area (Å²) in [5.74, 6) is 0.513. The van der Waals surface area contributed by atoms with Crippen LogP contribution >= 0.6 is 0 Å². The van der Waals surface area contributed by atoms with Gasteiger partial charge in [0.2, 0.25) is 0 Å². The van der Waals surface area contributed by atoms with Gasteiger partial charge in [0.1, 0.15) is 12.7 Å². The van der Waals surface area contributed by atoms with Crippen molar-refractivity contribution in [1.82, 2.24) is 9.78 Å². The van der Waals surface area contributed by atoms with E-state index in [0.29, 0.717) is 12.4 Å². The average Bonchev–Trinajstić information content (AvgIpc) is 2.88. The van der Waals surface area contributed by atoms with E-state index >= 15 is 0 Å². The summed E-state index contributed by atoms with van der Waals surface area (Å²) in [6.45, 7) is 4.35. The Kier molecular flexibility index (Phi) is 4.48. The summed E-state index contributed by atoms with van der Waals surface area (Å²) < 4.78 is 39.6. The van der Waals surface area contributed by atoms with Crippen molar-refractivity contribution < 1.29 is 18.2 Å². The maximum atomic E-state index is 12.6. The molecule has 2 aromatic heterocycles. The van der Waals surface area contributed by atoms with Gasteiger partial charge in [-0.05, 0) is 32.0 Å². The fourth-order valence-corrected chi connectivity index (χ4v) is 2.65. The Bertz CT molecular complexity index is 853. The van der Waals surface area contributed by atoms with Crippen LogP contribution in [-0.2, 0) is 12.7 Å². The Morgan fingerprint density at radius 2 is 1.80 bits per heavy atom. The first kappa shape index (κ1) is 17.0. The monoisotopic (exact) mass is 347 g/mol. The SMILES string of the molecule is Cc1nn(-c2ccccc2)c(C)c1CNc1ccc(C(F)(F)F)c[nH+]1.